The molecule has 3 aliphatic heterocycles. The van der Waals surface area contributed by atoms with Crippen molar-refractivity contribution in [3.05, 3.63) is 70.8 Å². The lowest BCUT2D eigenvalue weighted by molar-refractivity contribution is -0.139. The molecule has 3 atom stereocenters. The Hall–Kier alpha value is -3.20. The highest BCUT2D eigenvalue weighted by Gasteiger charge is 2.52. The van der Waals surface area contributed by atoms with Crippen LogP contribution in [0.15, 0.2) is 54.6 Å². The summed E-state index contributed by atoms with van der Waals surface area (Å²) in [7, 11) is 0. The van der Waals surface area contributed by atoms with Gasteiger partial charge in [-0.05, 0) is 61.6 Å². The second-order valence-corrected chi connectivity index (χ2v) is 12.1. The fourth-order valence-corrected chi connectivity index (χ4v) is 6.67. The predicted octanol–water partition coefficient (Wildman–Crippen LogP) is 4.94. The molecule has 0 radical (unpaired) electrons. The molecule has 42 heavy (non-hydrogen) atoms. The number of anilines is 2. The lowest BCUT2D eigenvalue weighted by Crippen LogP contribution is -2.44. The van der Waals surface area contributed by atoms with Crippen LogP contribution in [0.3, 0.4) is 0 Å². The van der Waals surface area contributed by atoms with Gasteiger partial charge in [0.05, 0.1) is 24.9 Å². The summed E-state index contributed by atoms with van der Waals surface area (Å²) < 4.78 is 0. The Bertz CT molecular complexity index is 1360. The number of aliphatic hydroxyl groups excluding tert-OH is 1. The molecule has 2 N–H and O–H groups in total. The SMILES string of the molecule is C[C@@H](/C=C/CC(=O)N1CCC[C@H]1CO)[C@]1(O)C(=O)N(Cc2cccc(N3CCCCCCC3=O)c2)c2ccc(Cl)cc21. The molecule has 9 heteroatoms. The number of hydrogen-bond acceptors (Lipinski definition) is 5. The molecule has 0 bridgehead atoms. The number of nitrogens with zero attached hydrogens (tertiary/aromatic N) is 3. The third-order valence-corrected chi connectivity index (χ3v) is 9.14. The van der Waals surface area contributed by atoms with E-state index in [9.17, 15) is 24.6 Å². The number of carbonyl (C=O) groups excluding carboxylic acids is 3. The molecule has 0 aromatic heterocycles. The fraction of sp³-hybridized carbons (Fsp3) is 0.485. The maximum Gasteiger partial charge on any atom is 0.264 e. The molecule has 8 nitrogen and oxygen atoms in total. The van der Waals surface area contributed by atoms with Crippen LogP contribution in [0.1, 0.15) is 69.4 Å². The smallest absolute Gasteiger partial charge is 0.264 e. The van der Waals surface area contributed by atoms with Crippen LogP contribution in [0.5, 0.6) is 0 Å². The van der Waals surface area contributed by atoms with Crippen LogP contribution in [0.4, 0.5) is 11.4 Å². The molecule has 2 aromatic carbocycles. The molecule has 0 aliphatic carbocycles. The highest BCUT2D eigenvalue weighted by molar-refractivity contribution is 6.31. The topological polar surface area (TPSA) is 101 Å². The molecule has 0 spiro atoms. The first kappa shape index (κ1) is 30.3. The zero-order chi connectivity index (χ0) is 29.9. The average molecular weight is 594 g/mol. The fourth-order valence-electron chi connectivity index (χ4n) is 6.50. The van der Waals surface area contributed by atoms with E-state index in [0.717, 1.165) is 49.8 Å². The standard InChI is InChI=1S/C33H40ClN3O5/c1-23(9-6-14-31(40)36-18-8-12-27(36)22-38)33(42)28-20-25(34)15-16-29(28)37(32(33)41)21-24-10-7-11-26(19-24)35-17-5-3-2-4-13-30(35)39/h6-7,9-11,15-16,19-20,23,27,38,42H,2-5,8,12-14,17-18,21-22H2,1H3/b9-6+/t23-,27-,33+/m0/s1. The van der Waals surface area contributed by atoms with Crippen LogP contribution in [-0.4, -0.2) is 58.6 Å². The van der Waals surface area contributed by atoms with E-state index >= 15 is 0 Å². The Morgan fingerprint density at radius 2 is 1.90 bits per heavy atom. The number of fused-ring (bicyclic) bond motifs is 1. The number of hydrogen-bond donors (Lipinski definition) is 2. The summed E-state index contributed by atoms with van der Waals surface area (Å²) in [4.78, 5) is 44.7. The van der Waals surface area contributed by atoms with Gasteiger partial charge < -0.3 is 24.9 Å². The summed E-state index contributed by atoms with van der Waals surface area (Å²) in [6.07, 6.45) is 9.77. The molecule has 2 fully saturated rings. The molecular formula is C33H40ClN3O5. The second kappa shape index (κ2) is 13.0. The van der Waals surface area contributed by atoms with E-state index in [1.54, 1.807) is 47.1 Å². The van der Waals surface area contributed by atoms with Gasteiger partial charge in [-0.3, -0.25) is 14.4 Å². The summed E-state index contributed by atoms with van der Waals surface area (Å²) in [6, 6.07) is 12.6. The maximum atomic E-state index is 14.0. The first-order chi connectivity index (χ1) is 20.2. The molecule has 224 valence electrons. The minimum atomic E-state index is -1.86. The van der Waals surface area contributed by atoms with E-state index in [0.29, 0.717) is 35.8 Å². The summed E-state index contributed by atoms with van der Waals surface area (Å²) in [6.45, 7) is 3.23. The minimum Gasteiger partial charge on any atom is -0.394 e. The van der Waals surface area contributed by atoms with Crippen molar-refractivity contribution < 1.29 is 24.6 Å². The van der Waals surface area contributed by atoms with Gasteiger partial charge in [0, 0.05) is 48.1 Å². The van der Waals surface area contributed by atoms with Crippen molar-refractivity contribution in [2.45, 2.75) is 76.5 Å². The van der Waals surface area contributed by atoms with Gasteiger partial charge in [0.2, 0.25) is 11.8 Å². The minimum absolute atomic E-state index is 0.0509. The third kappa shape index (κ3) is 5.98. The number of amides is 3. The van der Waals surface area contributed by atoms with Crippen molar-refractivity contribution in [1.82, 2.24) is 4.90 Å². The molecule has 3 aliphatic rings. The van der Waals surface area contributed by atoms with Crippen LogP contribution >= 0.6 is 11.6 Å². The van der Waals surface area contributed by atoms with Gasteiger partial charge >= 0.3 is 0 Å². The molecule has 0 saturated carbocycles. The van der Waals surface area contributed by atoms with E-state index in [2.05, 4.69) is 0 Å². The second-order valence-electron chi connectivity index (χ2n) is 11.7. The first-order valence-electron chi connectivity index (χ1n) is 15.0. The van der Waals surface area contributed by atoms with E-state index in [4.69, 9.17) is 11.6 Å². The van der Waals surface area contributed by atoms with Crippen molar-refractivity contribution in [1.29, 1.82) is 0 Å². The van der Waals surface area contributed by atoms with Crippen molar-refractivity contribution >= 4 is 40.7 Å². The van der Waals surface area contributed by atoms with Crippen LogP contribution in [0, 0.1) is 5.92 Å². The first-order valence-corrected chi connectivity index (χ1v) is 15.4. The lowest BCUT2D eigenvalue weighted by atomic mass is 9.83. The molecule has 3 amide bonds. The van der Waals surface area contributed by atoms with Crippen LogP contribution in [0.2, 0.25) is 5.02 Å². The molecular weight excluding hydrogens is 554 g/mol. The molecule has 3 heterocycles. The average Bonchev–Trinajstić information content (AvgIpc) is 3.53. The van der Waals surface area contributed by atoms with Gasteiger partial charge in [-0.2, -0.15) is 0 Å². The highest BCUT2D eigenvalue weighted by Crippen LogP contribution is 2.47. The molecule has 5 rings (SSSR count). The number of benzene rings is 2. The number of halogens is 1. The van der Waals surface area contributed by atoms with Gasteiger partial charge in [0.25, 0.3) is 5.91 Å². The zero-order valence-electron chi connectivity index (χ0n) is 24.2. The number of carbonyl (C=O) groups is 3. The van der Waals surface area contributed by atoms with Crippen LogP contribution < -0.4 is 9.80 Å². The third-order valence-electron chi connectivity index (χ3n) is 8.90. The Kier molecular flexibility index (Phi) is 9.35. The van der Waals surface area contributed by atoms with Crippen molar-refractivity contribution in [2.24, 2.45) is 5.92 Å². The highest BCUT2D eigenvalue weighted by atomic mass is 35.5. The Balaban J connectivity index is 1.36. The lowest BCUT2D eigenvalue weighted by Gasteiger charge is -2.28. The summed E-state index contributed by atoms with van der Waals surface area (Å²) in [5.41, 5.74) is 0.813. The van der Waals surface area contributed by atoms with Gasteiger partial charge in [-0.1, -0.05) is 55.7 Å². The largest absolute Gasteiger partial charge is 0.394 e. The van der Waals surface area contributed by atoms with Crippen LogP contribution in [-0.2, 0) is 26.5 Å². The number of rotatable bonds is 8. The van der Waals surface area contributed by atoms with E-state index < -0.39 is 17.4 Å². The van der Waals surface area contributed by atoms with Crippen molar-refractivity contribution in [3.63, 3.8) is 0 Å². The van der Waals surface area contributed by atoms with Crippen molar-refractivity contribution in [3.8, 4) is 0 Å². The molecule has 0 unspecified atom stereocenters. The Morgan fingerprint density at radius 3 is 2.71 bits per heavy atom. The van der Waals surface area contributed by atoms with Gasteiger partial charge in [-0.15, -0.1) is 0 Å². The molecule has 2 aromatic rings. The Labute approximate surface area is 252 Å². The van der Waals surface area contributed by atoms with Gasteiger partial charge in [0.1, 0.15) is 0 Å². The maximum absolute atomic E-state index is 14.0. The molecule has 2 saturated heterocycles. The van der Waals surface area contributed by atoms with E-state index in [1.807, 2.05) is 29.2 Å². The summed E-state index contributed by atoms with van der Waals surface area (Å²) in [5, 5.41) is 21.9. The van der Waals surface area contributed by atoms with Gasteiger partial charge in [0.15, 0.2) is 5.60 Å². The van der Waals surface area contributed by atoms with Gasteiger partial charge in [-0.25, -0.2) is 0 Å². The normalized spacial score (nSPS) is 23.8. The quantitative estimate of drug-likeness (QED) is 0.422. The van der Waals surface area contributed by atoms with Crippen molar-refractivity contribution in [2.75, 3.05) is 29.5 Å². The predicted molar refractivity (Wildman–Crippen MR) is 163 cm³/mol. The summed E-state index contributed by atoms with van der Waals surface area (Å²) >= 11 is 6.34. The monoisotopic (exact) mass is 593 g/mol. The van der Waals surface area contributed by atoms with E-state index in [-0.39, 0.29) is 37.4 Å². The zero-order valence-corrected chi connectivity index (χ0v) is 24.9. The number of likely N-dealkylation sites (tertiary alicyclic amines) is 1. The summed E-state index contributed by atoms with van der Waals surface area (Å²) in [5.74, 6) is -1.06. The van der Waals surface area contributed by atoms with Crippen LogP contribution in [0.25, 0.3) is 0 Å². The number of aliphatic hydroxyl groups is 2. The Morgan fingerprint density at radius 1 is 1.10 bits per heavy atom. The van der Waals surface area contributed by atoms with E-state index in [1.165, 1.54) is 0 Å².